The molecule has 1 N–H and O–H groups in total. The highest BCUT2D eigenvalue weighted by molar-refractivity contribution is 5.66. The molecule has 4 aliphatic rings. The summed E-state index contributed by atoms with van der Waals surface area (Å²) in [4.78, 5) is 11.6. The molecule has 0 aliphatic heterocycles. The van der Waals surface area contributed by atoms with Gasteiger partial charge in [-0.1, -0.05) is 61.0 Å². The third-order valence-electron chi connectivity index (χ3n) is 11.4. The Morgan fingerprint density at radius 1 is 1.13 bits per heavy atom. The van der Waals surface area contributed by atoms with Crippen LogP contribution in [0.2, 0.25) is 0 Å². The predicted molar refractivity (Wildman–Crippen MR) is 153 cm³/mol. The van der Waals surface area contributed by atoms with Crippen molar-refractivity contribution in [3.63, 3.8) is 0 Å². The van der Waals surface area contributed by atoms with Crippen LogP contribution in [0.15, 0.2) is 48.2 Å². The van der Waals surface area contributed by atoms with Crippen molar-refractivity contribution in [3.8, 4) is 0 Å². The van der Waals surface area contributed by atoms with Gasteiger partial charge in [0.1, 0.15) is 6.10 Å². The average molecular weight is 531 g/mol. The number of esters is 1. The fourth-order valence-electron chi connectivity index (χ4n) is 9.50. The summed E-state index contributed by atoms with van der Waals surface area (Å²) in [6, 6.07) is 10.9. The normalized spacial score (nSPS) is 36.3. The number of benzene rings is 1. The van der Waals surface area contributed by atoms with Crippen LogP contribution in [0, 0.1) is 34.5 Å². The predicted octanol–water partition coefficient (Wildman–Crippen LogP) is 6.32. The zero-order chi connectivity index (χ0) is 27.2. The van der Waals surface area contributed by atoms with Crippen LogP contribution in [0.1, 0.15) is 90.3 Å². The van der Waals surface area contributed by atoms with Gasteiger partial charge in [0, 0.05) is 25.9 Å². The van der Waals surface area contributed by atoms with Crippen LogP contribution in [0.4, 0.5) is 0 Å². The Morgan fingerprint density at radius 3 is 2.74 bits per heavy atom. The van der Waals surface area contributed by atoms with Gasteiger partial charge < -0.3 is 10.1 Å². The van der Waals surface area contributed by atoms with Crippen LogP contribution >= 0.6 is 0 Å². The fourth-order valence-corrected chi connectivity index (χ4v) is 9.50. The second kappa shape index (κ2) is 10.5. The lowest BCUT2D eigenvalue weighted by Crippen LogP contribution is -2.52. The number of ether oxygens (including phenoxy) is 1. The number of rotatable bonds is 7. The van der Waals surface area contributed by atoms with Crippen LogP contribution in [0.3, 0.4) is 0 Å². The molecule has 1 heterocycles. The Balaban J connectivity index is 1.09. The maximum Gasteiger partial charge on any atom is 0.302 e. The second-order valence-corrected chi connectivity index (χ2v) is 13.5. The first-order chi connectivity index (χ1) is 18.8. The van der Waals surface area contributed by atoms with Crippen molar-refractivity contribution in [3.05, 3.63) is 59.4 Å². The summed E-state index contributed by atoms with van der Waals surface area (Å²) in [5.74, 6) is 2.93. The van der Waals surface area contributed by atoms with Gasteiger partial charge in [0.2, 0.25) is 0 Å². The van der Waals surface area contributed by atoms with Gasteiger partial charge in [-0.15, -0.1) is 5.10 Å². The molecular formula is C33H46N4O2. The maximum atomic E-state index is 11.6. The number of hydrogen-bond donors (Lipinski definition) is 1. The monoisotopic (exact) mass is 530 g/mol. The number of nitrogens with one attached hydrogen (secondary N) is 1. The van der Waals surface area contributed by atoms with Gasteiger partial charge in [-0.3, -0.25) is 4.79 Å². The first-order valence-corrected chi connectivity index (χ1v) is 15.3. The van der Waals surface area contributed by atoms with Gasteiger partial charge in [-0.05, 0) is 91.9 Å². The molecule has 3 fully saturated rings. The first kappa shape index (κ1) is 26.7. The van der Waals surface area contributed by atoms with Gasteiger partial charge in [0.15, 0.2) is 0 Å². The molecule has 4 aliphatic carbocycles. The van der Waals surface area contributed by atoms with E-state index in [1.807, 2.05) is 10.7 Å². The molecule has 0 unspecified atom stereocenters. The van der Waals surface area contributed by atoms with Crippen LogP contribution < -0.4 is 5.32 Å². The van der Waals surface area contributed by atoms with Crippen LogP contribution in [0.5, 0.6) is 0 Å². The Morgan fingerprint density at radius 2 is 1.95 bits per heavy atom. The minimum atomic E-state index is -0.136. The van der Waals surface area contributed by atoms with Crippen molar-refractivity contribution in [2.24, 2.45) is 34.5 Å². The fraction of sp³-hybridized carbons (Fsp3) is 0.667. The minimum absolute atomic E-state index is 0.0787. The zero-order valence-corrected chi connectivity index (χ0v) is 24.2. The van der Waals surface area contributed by atoms with Gasteiger partial charge >= 0.3 is 5.97 Å². The molecule has 6 heteroatoms. The maximum absolute atomic E-state index is 11.6. The summed E-state index contributed by atoms with van der Waals surface area (Å²) in [7, 11) is 0. The Labute approximate surface area is 234 Å². The second-order valence-electron chi connectivity index (χ2n) is 13.5. The Hall–Kier alpha value is -2.47. The van der Waals surface area contributed by atoms with E-state index in [0.717, 1.165) is 55.8 Å². The lowest BCUT2D eigenvalue weighted by molar-refractivity contribution is -0.148. The van der Waals surface area contributed by atoms with E-state index in [0.29, 0.717) is 17.4 Å². The summed E-state index contributed by atoms with van der Waals surface area (Å²) in [5, 5.41) is 12.7. The summed E-state index contributed by atoms with van der Waals surface area (Å²) in [6.45, 7) is 10.6. The van der Waals surface area contributed by atoms with E-state index >= 15 is 0 Å². The molecule has 2 aromatic rings. The van der Waals surface area contributed by atoms with Crippen molar-refractivity contribution in [1.82, 2.24) is 20.3 Å². The molecule has 1 aromatic carbocycles. The molecule has 39 heavy (non-hydrogen) atoms. The molecular weight excluding hydrogens is 484 g/mol. The van der Waals surface area contributed by atoms with Crippen molar-refractivity contribution >= 4 is 5.97 Å². The number of carbonyl (C=O) groups is 1. The van der Waals surface area contributed by atoms with E-state index in [1.165, 1.54) is 37.7 Å². The number of carbonyl (C=O) groups excluding carboxylic acids is 1. The van der Waals surface area contributed by atoms with Crippen LogP contribution in [-0.4, -0.2) is 33.1 Å². The van der Waals surface area contributed by atoms with Gasteiger partial charge in [0.25, 0.3) is 0 Å². The third kappa shape index (κ3) is 4.98. The molecule has 0 radical (unpaired) electrons. The van der Waals surface area contributed by atoms with Crippen molar-refractivity contribution in [2.45, 2.75) is 104 Å². The van der Waals surface area contributed by atoms with Crippen LogP contribution in [0.25, 0.3) is 0 Å². The highest BCUT2D eigenvalue weighted by atomic mass is 16.5. The molecule has 0 saturated heterocycles. The van der Waals surface area contributed by atoms with E-state index in [4.69, 9.17) is 4.74 Å². The van der Waals surface area contributed by atoms with E-state index < -0.39 is 0 Å². The number of fused-ring (bicyclic) bond motifs is 5. The van der Waals surface area contributed by atoms with Gasteiger partial charge in [0.05, 0.1) is 18.4 Å². The van der Waals surface area contributed by atoms with Crippen molar-refractivity contribution in [2.75, 3.05) is 0 Å². The molecule has 6 rings (SSSR count). The van der Waals surface area contributed by atoms with E-state index in [9.17, 15) is 4.79 Å². The quantitative estimate of drug-likeness (QED) is 0.335. The molecule has 0 spiro atoms. The molecule has 6 nitrogen and oxygen atoms in total. The third-order valence-corrected chi connectivity index (χ3v) is 11.4. The molecule has 0 bridgehead atoms. The van der Waals surface area contributed by atoms with E-state index in [1.54, 1.807) is 12.5 Å². The molecule has 3 saturated carbocycles. The number of nitrogens with zero attached hydrogens (tertiary/aromatic N) is 3. The highest BCUT2D eigenvalue weighted by Crippen LogP contribution is 2.66. The Kier molecular flexibility index (Phi) is 7.20. The SMILES string of the molecule is CC(=O)O[C@H]1CC[C@@]2(C)C(=CC[C@H]3[C@@H]4CC[C@H]([C@H](C)NCc5cn(Cc6ccccc6)nn5)[C@@]4(C)CC[C@@H]32)C1. The standard InChI is InChI=1S/C33H46N4O2/c1-22(34-19-26-21-37(36-35-26)20-24-8-6-5-7-9-24)29-12-13-30-28-11-10-25-18-27(39-23(2)38)14-16-32(25,3)31(28)15-17-33(29,30)4/h5-10,21-22,27-31,34H,11-20H2,1-4H3/t22-,27-,28-,29+,30-,31-,32-,33+/m0/s1. The Bertz CT molecular complexity index is 1210. The topological polar surface area (TPSA) is 69.0 Å². The molecule has 210 valence electrons. The number of aromatic nitrogens is 3. The van der Waals surface area contributed by atoms with Crippen LogP contribution in [-0.2, 0) is 22.6 Å². The summed E-state index contributed by atoms with van der Waals surface area (Å²) in [5.41, 5.74) is 4.52. The smallest absolute Gasteiger partial charge is 0.302 e. The van der Waals surface area contributed by atoms with Gasteiger partial charge in [-0.2, -0.15) is 0 Å². The average Bonchev–Trinajstić information content (AvgIpc) is 3.51. The number of hydrogen-bond acceptors (Lipinski definition) is 5. The highest BCUT2D eigenvalue weighted by Gasteiger charge is 2.59. The van der Waals surface area contributed by atoms with E-state index in [2.05, 4.69) is 72.9 Å². The lowest BCUT2D eigenvalue weighted by Gasteiger charge is -2.58. The van der Waals surface area contributed by atoms with Crippen molar-refractivity contribution in [1.29, 1.82) is 0 Å². The summed E-state index contributed by atoms with van der Waals surface area (Å²) in [6.07, 6.45) is 14.4. The molecule has 0 amide bonds. The van der Waals surface area contributed by atoms with E-state index in [-0.39, 0.29) is 17.5 Å². The van der Waals surface area contributed by atoms with Crippen molar-refractivity contribution < 1.29 is 9.53 Å². The zero-order valence-electron chi connectivity index (χ0n) is 24.2. The van der Waals surface area contributed by atoms with Gasteiger partial charge in [-0.25, -0.2) is 4.68 Å². The molecule has 8 atom stereocenters. The minimum Gasteiger partial charge on any atom is -0.462 e. The molecule has 1 aromatic heterocycles. The summed E-state index contributed by atoms with van der Waals surface area (Å²) >= 11 is 0. The summed E-state index contributed by atoms with van der Waals surface area (Å²) < 4.78 is 7.57. The first-order valence-electron chi connectivity index (χ1n) is 15.3. The number of allylic oxidation sites excluding steroid dienone is 1. The lowest BCUT2D eigenvalue weighted by atomic mass is 9.47. The largest absolute Gasteiger partial charge is 0.462 e.